The normalized spacial score (nSPS) is 13.6. The van der Waals surface area contributed by atoms with Crippen molar-refractivity contribution in [3.8, 4) is 0 Å². The smallest absolute Gasteiger partial charge is 0.256 e. The third-order valence-electron chi connectivity index (χ3n) is 5.90. The number of nitrogens with one attached hydrogen (secondary N) is 2. The molecule has 2 N–H and O–H groups in total. The minimum absolute atomic E-state index is 0.100. The Balaban J connectivity index is 1.34. The molecule has 0 saturated carbocycles. The van der Waals surface area contributed by atoms with E-state index in [-0.39, 0.29) is 17.2 Å². The fourth-order valence-electron chi connectivity index (χ4n) is 3.86. The minimum Gasteiger partial charge on any atom is -0.325 e. The number of rotatable bonds is 7. The predicted octanol–water partition coefficient (Wildman–Crippen LogP) is 3.72. The van der Waals surface area contributed by atoms with Crippen molar-refractivity contribution in [2.45, 2.75) is 38.4 Å². The highest BCUT2D eigenvalue weighted by atomic mass is 32.2. The zero-order valence-electron chi connectivity index (χ0n) is 18.5. The van der Waals surface area contributed by atoms with Gasteiger partial charge in [0.05, 0.1) is 17.0 Å². The van der Waals surface area contributed by atoms with Crippen molar-refractivity contribution in [1.82, 2.24) is 14.9 Å². The molecule has 7 heteroatoms. The van der Waals surface area contributed by atoms with Crippen molar-refractivity contribution in [3.63, 3.8) is 0 Å². The summed E-state index contributed by atoms with van der Waals surface area (Å²) >= 11 is 1.26. The molecule has 0 atom stereocenters. The fraction of sp³-hybridized carbons (Fsp3) is 0.320. The summed E-state index contributed by atoms with van der Waals surface area (Å²) < 4.78 is 0. The number of anilines is 1. The summed E-state index contributed by atoms with van der Waals surface area (Å²) in [5, 5.41) is 3.45. The fourth-order valence-corrected chi connectivity index (χ4v) is 4.54. The zero-order valence-corrected chi connectivity index (χ0v) is 19.3. The van der Waals surface area contributed by atoms with Crippen LogP contribution in [0.25, 0.3) is 0 Å². The summed E-state index contributed by atoms with van der Waals surface area (Å²) in [6.07, 6.45) is 1.71. The maximum atomic E-state index is 12.7. The molecule has 1 amide bonds. The first-order valence-electron chi connectivity index (χ1n) is 10.9. The first-order chi connectivity index (χ1) is 15.5. The maximum Gasteiger partial charge on any atom is 0.256 e. The second kappa shape index (κ2) is 10.1. The Labute approximate surface area is 192 Å². The van der Waals surface area contributed by atoms with Gasteiger partial charge in [0, 0.05) is 31.7 Å². The number of hydrogen-bond donors (Lipinski definition) is 2. The van der Waals surface area contributed by atoms with Crippen molar-refractivity contribution in [3.05, 3.63) is 86.8 Å². The van der Waals surface area contributed by atoms with Crippen LogP contribution in [0.5, 0.6) is 0 Å². The van der Waals surface area contributed by atoms with Gasteiger partial charge in [0.25, 0.3) is 5.56 Å². The van der Waals surface area contributed by atoms with Crippen LogP contribution < -0.4 is 10.9 Å². The number of aryl methyl sites for hydroxylation is 1. The van der Waals surface area contributed by atoms with Crippen LogP contribution in [0.4, 0.5) is 5.69 Å². The number of aromatic nitrogens is 2. The number of benzene rings is 2. The first-order valence-corrected chi connectivity index (χ1v) is 11.9. The molecule has 3 aromatic rings. The second-order valence-corrected chi connectivity index (χ2v) is 9.11. The predicted molar refractivity (Wildman–Crippen MR) is 129 cm³/mol. The monoisotopic (exact) mass is 448 g/mol. The number of H-pyrrole nitrogens is 1. The van der Waals surface area contributed by atoms with Crippen molar-refractivity contribution in [2.24, 2.45) is 0 Å². The Morgan fingerprint density at radius 1 is 1.16 bits per heavy atom. The average Bonchev–Trinajstić information content (AvgIpc) is 2.80. The van der Waals surface area contributed by atoms with E-state index in [2.05, 4.69) is 44.5 Å². The van der Waals surface area contributed by atoms with E-state index in [1.807, 2.05) is 38.1 Å². The van der Waals surface area contributed by atoms with Crippen LogP contribution in [0.15, 0.2) is 58.5 Å². The Morgan fingerprint density at radius 2 is 1.97 bits per heavy atom. The van der Waals surface area contributed by atoms with Gasteiger partial charge in [-0.1, -0.05) is 54.2 Å². The molecule has 1 aliphatic rings. The van der Waals surface area contributed by atoms with Crippen molar-refractivity contribution in [1.29, 1.82) is 0 Å². The van der Waals surface area contributed by atoms with Gasteiger partial charge in [-0.05, 0) is 43.0 Å². The molecule has 0 fully saturated rings. The van der Waals surface area contributed by atoms with Crippen LogP contribution in [0.1, 0.15) is 27.9 Å². The van der Waals surface area contributed by atoms with Gasteiger partial charge in [-0.25, -0.2) is 4.98 Å². The molecule has 0 spiro atoms. The summed E-state index contributed by atoms with van der Waals surface area (Å²) in [5.41, 5.74) is 5.80. The third-order valence-corrected chi connectivity index (χ3v) is 6.78. The molecular weight excluding hydrogens is 420 g/mol. The van der Waals surface area contributed by atoms with Gasteiger partial charge in [-0.2, -0.15) is 0 Å². The van der Waals surface area contributed by atoms with E-state index < -0.39 is 0 Å². The summed E-state index contributed by atoms with van der Waals surface area (Å²) in [6.45, 7) is 6.42. The molecule has 0 bridgehead atoms. The molecule has 2 heterocycles. The molecule has 1 aromatic heterocycles. The van der Waals surface area contributed by atoms with Crippen LogP contribution in [-0.4, -0.2) is 39.6 Å². The molecule has 1 aliphatic heterocycles. The number of fused-ring (bicyclic) bond motifs is 1. The van der Waals surface area contributed by atoms with Crippen molar-refractivity contribution >= 4 is 23.4 Å². The summed E-state index contributed by atoms with van der Waals surface area (Å²) in [6, 6.07) is 16.2. The largest absolute Gasteiger partial charge is 0.325 e. The molecular formula is C25H28N4O2S. The molecule has 2 aromatic carbocycles. The lowest BCUT2D eigenvalue weighted by Crippen LogP contribution is -2.37. The van der Waals surface area contributed by atoms with E-state index in [4.69, 9.17) is 0 Å². The maximum absolute atomic E-state index is 12.7. The van der Waals surface area contributed by atoms with Crippen molar-refractivity contribution < 1.29 is 4.79 Å². The van der Waals surface area contributed by atoms with Crippen LogP contribution >= 0.6 is 11.8 Å². The summed E-state index contributed by atoms with van der Waals surface area (Å²) in [4.78, 5) is 34.9. The molecule has 6 nitrogen and oxygen atoms in total. The number of nitrogens with zero attached hydrogens (tertiary/aromatic N) is 2. The summed E-state index contributed by atoms with van der Waals surface area (Å²) in [7, 11) is 0. The van der Waals surface area contributed by atoms with E-state index >= 15 is 0 Å². The molecule has 0 saturated heterocycles. The van der Waals surface area contributed by atoms with E-state index in [0.29, 0.717) is 11.7 Å². The Hall–Kier alpha value is -2.90. The van der Waals surface area contributed by atoms with Crippen LogP contribution in [-0.2, 0) is 24.2 Å². The Morgan fingerprint density at radius 3 is 2.78 bits per heavy atom. The van der Waals surface area contributed by atoms with Gasteiger partial charge >= 0.3 is 0 Å². The third kappa shape index (κ3) is 5.47. The first kappa shape index (κ1) is 22.3. The molecule has 32 heavy (non-hydrogen) atoms. The lowest BCUT2D eigenvalue weighted by molar-refractivity contribution is -0.113. The molecule has 0 radical (unpaired) electrons. The van der Waals surface area contributed by atoms with Gasteiger partial charge in [0.1, 0.15) is 0 Å². The number of aromatic amines is 1. The molecule has 4 rings (SSSR count). The topological polar surface area (TPSA) is 78.1 Å². The van der Waals surface area contributed by atoms with Crippen LogP contribution in [0.3, 0.4) is 0 Å². The quantitative estimate of drug-likeness (QED) is 0.426. The van der Waals surface area contributed by atoms with Gasteiger partial charge in [-0.3, -0.25) is 14.5 Å². The highest BCUT2D eigenvalue weighted by molar-refractivity contribution is 7.99. The lowest BCUT2D eigenvalue weighted by atomic mass is 10.1. The highest BCUT2D eigenvalue weighted by Crippen LogP contribution is 2.21. The van der Waals surface area contributed by atoms with Gasteiger partial charge in [0.2, 0.25) is 5.91 Å². The number of thioether (sulfide) groups is 1. The average molecular weight is 449 g/mol. The Kier molecular flexibility index (Phi) is 7.07. The molecule has 0 aliphatic carbocycles. The van der Waals surface area contributed by atoms with Crippen LogP contribution in [0.2, 0.25) is 0 Å². The van der Waals surface area contributed by atoms with E-state index in [1.54, 1.807) is 0 Å². The summed E-state index contributed by atoms with van der Waals surface area (Å²) in [5.74, 6) is 0.0781. The van der Waals surface area contributed by atoms with E-state index in [1.165, 1.54) is 17.3 Å². The minimum atomic E-state index is -0.115. The molecule has 166 valence electrons. The zero-order chi connectivity index (χ0) is 22.5. The van der Waals surface area contributed by atoms with Crippen molar-refractivity contribution in [2.75, 3.05) is 24.2 Å². The van der Waals surface area contributed by atoms with Gasteiger partial charge in [-0.15, -0.1) is 0 Å². The number of carbonyl (C=O) groups excluding carboxylic acids is 1. The standard InChI is InChI=1S/C25H28N4O2S/c1-17-7-6-10-21(18(17)2)26-23(30)16-32-25-27-22-12-14-29(15-20(22)24(31)28-25)13-11-19-8-4-3-5-9-19/h3-10H,11-16H2,1-2H3,(H,26,30)(H,27,28,31). The van der Waals surface area contributed by atoms with Gasteiger partial charge in [0.15, 0.2) is 5.16 Å². The SMILES string of the molecule is Cc1cccc(NC(=O)CSc2nc3c(c(=O)[nH]2)CN(CCc2ccccc2)CC3)c1C. The second-order valence-electron chi connectivity index (χ2n) is 8.14. The molecule has 0 unspecified atom stereocenters. The number of hydrogen-bond acceptors (Lipinski definition) is 5. The number of amides is 1. The van der Waals surface area contributed by atoms with Crippen LogP contribution in [0, 0.1) is 13.8 Å². The Bertz CT molecular complexity index is 1160. The van der Waals surface area contributed by atoms with E-state index in [9.17, 15) is 9.59 Å². The number of carbonyl (C=O) groups is 1. The highest BCUT2D eigenvalue weighted by Gasteiger charge is 2.21. The lowest BCUT2D eigenvalue weighted by Gasteiger charge is -2.27. The van der Waals surface area contributed by atoms with E-state index in [0.717, 1.165) is 54.0 Å². The van der Waals surface area contributed by atoms with Gasteiger partial charge < -0.3 is 10.3 Å².